The van der Waals surface area contributed by atoms with Gasteiger partial charge in [-0.25, -0.2) is 0 Å². The zero-order valence-corrected chi connectivity index (χ0v) is 17.2. The molecule has 3 unspecified atom stereocenters. The molecule has 0 aromatic heterocycles. The Kier molecular flexibility index (Phi) is 13.5. The van der Waals surface area contributed by atoms with Crippen LogP contribution in [0.3, 0.4) is 0 Å². The largest absolute Gasteiger partial charge is 0.480 e. The molecule has 12 N–H and O–H groups in total. The van der Waals surface area contributed by atoms with Crippen molar-refractivity contribution >= 4 is 29.7 Å². The van der Waals surface area contributed by atoms with Crippen molar-refractivity contribution in [3.63, 3.8) is 0 Å². The Balaban J connectivity index is 4.81. The molecule has 0 aliphatic carbocycles. The molecule has 30 heavy (non-hydrogen) atoms. The molecule has 0 bridgehead atoms. The Morgan fingerprint density at radius 1 is 0.967 bits per heavy atom. The first-order valence-corrected chi connectivity index (χ1v) is 9.69. The van der Waals surface area contributed by atoms with Gasteiger partial charge in [0, 0.05) is 6.54 Å². The summed E-state index contributed by atoms with van der Waals surface area (Å²) in [5.74, 6) is -3.11. The minimum Gasteiger partial charge on any atom is -0.480 e. The number of nitrogens with one attached hydrogen (secondary N) is 3. The maximum absolute atomic E-state index is 12.4. The maximum atomic E-state index is 12.4. The van der Waals surface area contributed by atoms with Crippen molar-refractivity contribution in [2.75, 3.05) is 19.6 Å². The van der Waals surface area contributed by atoms with Gasteiger partial charge >= 0.3 is 5.97 Å². The third-order valence-corrected chi connectivity index (χ3v) is 4.05. The van der Waals surface area contributed by atoms with E-state index in [1.54, 1.807) is 0 Å². The average Bonchev–Trinajstić information content (AvgIpc) is 2.67. The maximum Gasteiger partial charge on any atom is 0.322 e. The molecule has 13 heteroatoms. The Morgan fingerprint density at radius 3 is 2.20 bits per heavy atom. The first-order valence-electron chi connectivity index (χ1n) is 9.69. The van der Waals surface area contributed by atoms with Crippen LogP contribution < -0.4 is 38.9 Å². The van der Waals surface area contributed by atoms with Gasteiger partial charge in [-0.1, -0.05) is 6.42 Å². The average molecular weight is 431 g/mol. The molecule has 0 aliphatic heterocycles. The summed E-state index contributed by atoms with van der Waals surface area (Å²) in [6, 6.07) is -2.75. The fourth-order valence-corrected chi connectivity index (χ4v) is 2.38. The molecule has 0 aromatic carbocycles. The number of aliphatic imine (C=N–C) groups is 1. The second kappa shape index (κ2) is 15.0. The molecule has 13 nitrogen and oxygen atoms in total. The highest BCUT2D eigenvalue weighted by atomic mass is 16.4. The highest BCUT2D eigenvalue weighted by molar-refractivity contribution is 5.93. The molecule has 0 aliphatic rings. The lowest BCUT2D eigenvalue weighted by atomic mass is 10.1. The molecule has 0 saturated carbocycles. The lowest BCUT2D eigenvalue weighted by molar-refractivity contribution is -0.138. The summed E-state index contributed by atoms with van der Waals surface area (Å²) in [6.45, 7) is 1.58. The van der Waals surface area contributed by atoms with E-state index in [-0.39, 0.29) is 18.9 Å². The zero-order valence-electron chi connectivity index (χ0n) is 17.2. The van der Waals surface area contributed by atoms with Crippen LogP contribution in [0.15, 0.2) is 4.99 Å². The van der Waals surface area contributed by atoms with E-state index in [1.165, 1.54) is 6.92 Å². The molecule has 0 heterocycles. The van der Waals surface area contributed by atoms with Gasteiger partial charge in [-0.2, -0.15) is 0 Å². The van der Waals surface area contributed by atoms with Crippen molar-refractivity contribution in [3.8, 4) is 0 Å². The zero-order chi connectivity index (χ0) is 23.1. The second-order valence-electron chi connectivity index (χ2n) is 6.74. The van der Waals surface area contributed by atoms with Crippen LogP contribution >= 0.6 is 0 Å². The number of hydrogen-bond donors (Lipinski definition) is 8. The standard InChI is InChI=1S/C17H34N8O5/c1-10(24-15(29)11(19)5-2-3-7-18)14(28)25-12(6-4-8-22-17(20)21)16(30)23-9-13(26)27/h10-12H,2-9,18-19H2,1H3,(H,23,30)(H,24,29)(H,25,28)(H,26,27)(H4,20,21,22). The Labute approximate surface area is 175 Å². The highest BCUT2D eigenvalue weighted by Gasteiger charge is 2.25. The lowest BCUT2D eigenvalue weighted by Crippen LogP contribution is -2.55. The third kappa shape index (κ3) is 12.5. The van der Waals surface area contributed by atoms with Crippen LogP contribution in [0, 0.1) is 0 Å². The third-order valence-electron chi connectivity index (χ3n) is 4.05. The van der Waals surface area contributed by atoms with Gasteiger partial charge in [0.05, 0.1) is 6.04 Å². The number of carbonyl (C=O) groups excluding carboxylic acids is 3. The van der Waals surface area contributed by atoms with E-state index in [1.807, 2.05) is 0 Å². The van der Waals surface area contributed by atoms with Gasteiger partial charge in [0.1, 0.15) is 18.6 Å². The predicted octanol–water partition coefficient (Wildman–Crippen LogP) is -3.31. The Bertz CT molecular complexity index is 609. The number of carboxylic acid groups (broad SMARTS) is 1. The van der Waals surface area contributed by atoms with E-state index in [0.29, 0.717) is 25.8 Å². The normalized spacial score (nSPS) is 13.4. The summed E-state index contributed by atoms with van der Waals surface area (Å²) in [7, 11) is 0. The van der Waals surface area contributed by atoms with Gasteiger partial charge in [0.2, 0.25) is 17.7 Å². The van der Waals surface area contributed by atoms with Gasteiger partial charge in [0.15, 0.2) is 5.96 Å². The molecule has 0 fully saturated rings. The number of nitrogens with zero attached hydrogens (tertiary/aromatic N) is 1. The number of carboxylic acids is 1. The topological polar surface area (TPSA) is 241 Å². The van der Waals surface area contributed by atoms with Crippen LogP contribution in [0.25, 0.3) is 0 Å². The number of carbonyl (C=O) groups is 4. The minimum atomic E-state index is -1.22. The SMILES string of the molecule is CC(NC(=O)C(N)CCCCN)C(=O)NC(CCCN=C(N)N)C(=O)NCC(=O)O. The summed E-state index contributed by atoms with van der Waals surface area (Å²) in [4.78, 5) is 51.2. The first-order chi connectivity index (χ1) is 14.1. The molecule has 0 saturated heterocycles. The van der Waals surface area contributed by atoms with Crippen LogP contribution in [-0.2, 0) is 19.2 Å². The fourth-order valence-electron chi connectivity index (χ4n) is 2.38. The van der Waals surface area contributed by atoms with Crippen molar-refractivity contribution in [2.45, 2.75) is 57.2 Å². The predicted molar refractivity (Wildman–Crippen MR) is 111 cm³/mol. The van der Waals surface area contributed by atoms with E-state index in [0.717, 1.165) is 6.42 Å². The van der Waals surface area contributed by atoms with Crippen molar-refractivity contribution < 1.29 is 24.3 Å². The van der Waals surface area contributed by atoms with Gasteiger partial charge in [-0.15, -0.1) is 0 Å². The van der Waals surface area contributed by atoms with Crippen molar-refractivity contribution in [2.24, 2.45) is 27.9 Å². The molecule has 0 spiro atoms. The second-order valence-corrected chi connectivity index (χ2v) is 6.74. The van der Waals surface area contributed by atoms with Crippen LogP contribution in [0.2, 0.25) is 0 Å². The molecule has 3 amide bonds. The number of nitrogens with two attached hydrogens (primary N) is 4. The molecule has 0 aromatic rings. The molecule has 3 atom stereocenters. The Hall–Kier alpha value is -2.93. The lowest BCUT2D eigenvalue weighted by Gasteiger charge is -2.22. The van der Waals surface area contributed by atoms with Crippen LogP contribution in [0.5, 0.6) is 0 Å². The van der Waals surface area contributed by atoms with Crippen molar-refractivity contribution in [1.82, 2.24) is 16.0 Å². The number of rotatable bonds is 15. The quantitative estimate of drug-likeness (QED) is 0.0735. The molecule has 172 valence electrons. The number of guanidine groups is 1. The Morgan fingerprint density at radius 2 is 1.63 bits per heavy atom. The van der Waals surface area contributed by atoms with Crippen LogP contribution in [-0.4, -0.2) is 72.5 Å². The van der Waals surface area contributed by atoms with Gasteiger partial charge < -0.3 is 44.0 Å². The number of amides is 3. The van der Waals surface area contributed by atoms with Crippen LogP contribution in [0.4, 0.5) is 0 Å². The fraction of sp³-hybridized carbons (Fsp3) is 0.706. The number of hydrogen-bond acceptors (Lipinski definition) is 7. The summed E-state index contributed by atoms with van der Waals surface area (Å²) >= 11 is 0. The number of aliphatic carboxylic acids is 1. The van der Waals surface area contributed by atoms with Crippen molar-refractivity contribution in [1.29, 1.82) is 0 Å². The summed E-state index contributed by atoms with van der Waals surface area (Å²) < 4.78 is 0. The van der Waals surface area contributed by atoms with E-state index < -0.39 is 48.4 Å². The number of unbranched alkanes of at least 4 members (excludes halogenated alkanes) is 1. The molecule has 0 radical (unpaired) electrons. The monoisotopic (exact) mass is 430 g/mol. The highest BCUT2D eigenvalue weighted by Crippen LogP contribution is 2.01. The molecular formula is C17H34N8O5. The van der Waals surface area contributed by atoms with E-state index >= 15 is 0 Å². The van der Waals surface area contributed by atoms with Gasteiger partial charge in [-0.3, -0.25) is 24.2 Å². The summed E-state index contributed by atoms with van der Waals surface area (Å²) in [6.07, 6.45) is 2.38. The minimum absolute atomic E-state index is 0.106. The van der Waals surface area contributed by atoms with E-state index in [2.05, 4.69) is 20.9 Å². The van der Waals surface area contributed by atoms with E-state index in [9.17, 15) is 19.2 Å². The van der Waals surface area contributed by atoms with Gasteiger partial charge in [0.25, 0.3) is 0 Å². The van der Waals surface area contributed by atoms with Crippen molar-refractivity contribution in [3.05, 3.63) is 0 Å². The molecule has 0 rings (SSSR count). The van der Waals surface area contributed by atoms with Crippen LogP contribution in [0.1, 0.15) is 39.0 Å². The summed E-state index contributed by atoms with van der Waals surface area (Å²) in [5.41, 5.74) is 21.7. The summed E-state index contributed by atoms with van der Waals surface area (Å²) in [5, 5.41) is 15.9. The van der Waals surface area contributed by atoms with Gasteiger partial charge in [-0.05, 0) is 39.2 Å². The first kappa shape index (κ1) is 27.1. The van der Waals surface area contributed by atoms with E-state index in [4.69, 9.17) is 28.0 Å². The smallest absolute Gasteiger partial charge is 0.322 e. The molecular weight excluding hydrogens is 396 g/mol.